The Morgan fingerprint density at radius 1 is 0.390 bits per heavy atom. The van der Waals surface area contributed by atoms with E-state index in [9.17, 15) is 0 Å². The third kappa shape index (κ3) is 2.97. The van der Waals surface area contributed by atoms with Gasteiger partial charge in [0.15, 0.2) is 0 Å². The van der Waals surface area contributed by atoms with Crippen LogP contribution < -0.4 is 0 Å². The van der Waals surface area contributed by atoms with Gasteiger partial charge in [0, 0.05) is 38.3 Å². The third-order valence-corrected chi connectivity index (χ3v) is 9.32. The maximum atomic E-state index is 2.45. The summed E-state index contributed by atoms with van der Waals surface area (Å²) in [5.41, 5.74) is 12.8. The molecule has 0 saturated carbocycles. The molecule has 2 nitrogen and oxygen atoms in total. The minimum atomic E-state index is -0.0206. The van der Waals surface area contributed by atoms with Crippen LogP contribution in [0.2, 0.25) is 0 Å². The molecular formula is C39H28N2. The first-order valence-electron chi connectivity index (χ1n) is 14.4. The summed E-state index contributed by atoms with van der Waals surface area (Å²) in [6.07, 6.45) is 0. The van der Waals surface area contributed by atoms with Gasteiger partial charge in [0.2, 0.25) is 0 Å². The SMILES string of the molecule is CC1(C)c2ccccc2-c2cc3c(cc21)c1ccccc1n3-c1ccc(-n2c3ccccc3c3ccccc32)cc1. The Kier molecular flexibility index (Phi) is 4.42. The Balaban J connectivity index is 1.28. The van der Waals surface area contributed by atoms with E-state index in [1.54, 1.807) is 0 Å². The van der Waals surface area contributed by atoms with Crippen molar-refractivity contribution in [2.24, 2.45) is 0 Å². The van der Waals surface area contributed by atoms with E-state index in [2.05, 4.69) is 156 Å². The van der Waals surface area contributed by atoms with Crippen LogP contribution in [-0.2, 0) is 5.41 Å². The number of hydrogen-bond donors (Lipinski definition) is 0. The van der Waals surface area contributed by atoms with Crippen molar-refractivity contribution < 1.29 is 0 Å². The second-order valence-corrected chi connectivity index (χ2v) is 11.8. The topological polar surface area (TPSA) is 9.86 Å². The molecule has 0 aliphatic heterocycles. The van der Waals surface area contributed by atoms with Gasteiger partial charge < -0.3 is 9.13 Å². The fraction of sp³-hybridized carbons (Fsp3) is 0.0769. The van der Waals surface area contributed by atoms with Gasteiger partial charge in [0.1, 0.15) is 0 Å². The zero-order chi connectivity index (χ0) is 27.3. The maximum Gasteiger partial charge on any atom is 0.0547 e. The van der Waals surface area contributed by atoms with Crippen molar-refractivity contribution >= 4 is 43.6 Å². The molecule has 2 heterocycles. The summed E-state index contributed by atoms with van der Waals surface area (Å²) in [5, 5.41) is 5.17. The van der Waals surface area contributed by atoms with Gasteiger partial charge in [0.05, 0.1) is 22.1 Å². The van der Waals surface area contributed by atoms with Gasteiger partial charge >= 0.3 is 0 Å². The number of aromatic nitrogens is 2. The molecule has 8 aromatic rings. The quantitative estimate of drug-likeness (QED) is 0.213. The van der Waals surface area contributed by atoms with E-state index in [1.807, 2.05) is 0 Å². The summed E-state index contributed by atoms with van der Waals surface area (Å²) in [6.45, 7) is 4.71. The van der Waals surface area contributed by atoms with E-state index in [4.69, 9.17) is 0 Å². The van der Waals surface area contributed by atoms with Crippen molar-refractivity contribution in [3.8, 4) is 22.5 Å². The molecular weight excluding hydrogens is 496 g/mol. The van der Waals surface area contributed by atoms with Gasteiger partial charge in [0.25, 0.3) is 0 Å². The number of hydrogen-bond acceptors (Lipinski definition) is 0. The lowest BCUT2D eigenvalue weighted by Gasteiger charge is -2.21. The summed E-state index contributed by atoms with van der Waals surface area (Å²) in [4.78, 5) is 0. The average molecular weight is 525 g/mol. The summed E-state index contributed by atoms with van der Waals surface area (Å²) in [6, 6.07) is 49.1. The number of nitrogens with zero attached hydrogens (tertiary/aromatic N) is 2. The third-order valence-electron chi connectivity index (χ3n) is 9.32. The van der Waals surface area contributed by atoms with E-state index >= 15 is 0 Å². The second-order valence-electron chi connectivity index (χ2n) is 11.8. The van der Waals surface area contributed by atoms with Crippen molar-refractivity contribution in [2.45, 2.75) is 19.3 Å². The smallest absolute Gasteiger partial charge is 0.0547 e. The molecule has 0 radical (unpaired) electrons. The molecule has 0 N–H and O–H groups in total. The Morgan fingerprint density at radius 3 is 1.44 bits per heavy atom. The minimum Gasteiger partial charge on any atom is -0.309 e. The lowest BCUT2D eigenvalue weighted by molar-refractivity contribution is 0.661. The monoisotopic (exact) mass is 524 g/mol. The van der Waals surface area contributed by atoms with Gasteiger partial charge in [-0.05, 0) is 76.9 Å². The molecule has 9 rings (SSSR count). The molecule has 41 heavy (non-hydrogen) atoms. The van der Waals surface area contributed by atoms with Gasteiger partial charge in [-0.2, -0.15) is 0 Å². The molecule has 0 fully saturated rings. The van der Waals surface area contributed by atoms with E-state index in [0.29, 0.717) is 0 Å². The van der Waals surface area contributed by atoms with Gasteiger partial charge in [-0.3, -0.25) is 0 Å². The van der Waals surface area contributed by atoms with Crippen LogP contribution in [0.25, 0.3) is 66.1 Å². The molecule has 0 saturated heterocycles. The first-order chi connectivity index (χ1) is 20.1. The van der Waals surface area contributed by atoms with Crippen LogP contribution in [-0.4, -0.2) is 9.13 Å². The fourth-order valence-electron chi connectivity index (χ4n) is 7.39. The largest absolute Gasteiger partial charge is 0.309 e. The highest BCUT2D eigenvalue weighted by Gasteiger charge is 2.36. The normalized spacial score (nSPS) is 13.8. The average Bonchev–Trinajstić information content (AvgIpc) is 3.60. The molecule has 1 aliphatic carbocycles. The lowest BCUT2D eigenvalue weighted by Crippen LogP contribution is -2.14. The predicted octanol–water partition coefficient (Wildman–Crippen LogP) is 10.2. The number of para-hydroxylation sites is 3. The van der Waals surface area contributed by atoms with Gasteiger partial charge in [-0.1, -0.05) is 92.7 Å². The summed E-state index contributed by atoms with van der Waals surface area (Å²) in [7, 11) is 0. The molecule has 1 aliphatic rings. The molecule has 0 atom stereocenters. The van der Waals surface area contributed by atoms with Crippen LogP contribution in [0.15, 0.2) is 133 Å². The first kappa shape index (κ1) is 22.7. The van der Waals surface area contributed by atoms with Crippen LogP contribution in [0.5, 0.6) is 0 Å². The molecule has 0 spiro atoms. The molecule has 2 heteroatoms. The molecule has 2 aromatic heterocycles. The highest BCUT2D eigenvalue weighted by atomic mass is 15.0. The van der Waals surface area contributed by atoms with Crippen LogP contribution in [0.1, 0.15) is 25.0 Å². The molecule has 194 valence electrons. The zero-order valence-electron chi connectivity index (χ0n) is 23.1. The highest BCUT2D eigenvalue weighted by Crippen LogP contribution is 2.51. The molecule has 6 aromatic carbocycles. The maximum absolute atomic E-state index is 2.45. The van der Waals surface area contributed by atoms with Crippen LogP contribution >= 0.6 is 0 Å². The fourth-order valence-corrected chi connectivity index (χ4v) is 7.39. The number of benzene rings is 6. The van der Waals surface area contributed by atoms with E-state index in [1.165, 1.54) is 77.2 Å². The first-order valence-corrected chi connectivity index (χ1v) is 14.4. The lowest BCUT2D eigenvalue weighted by atomic mass is 9.82. The van der Waals surface area contributed by atoms with E-state index < -0.39 is 0 Å². The van der Waals surface area contributed by atoms with Crippen LogP contribution in [0.4, 0.5) is 0 Å². The Morgan fingerprint density at radius 2 is 0.854 bits per heavy atom. The zero-order valence-corrected chi connectivity index (χ0v) is 23.1. The standard InChI is InChI=1S/C39H28N2/c1-39(2)33-15-7-3-11-27(33)31-24-38-32(23-34(31)39)30-14-6-10-18-37(30)41(38)26-21-19-25(20-22-26)40-35-16-8-4-12-28(35)29-13-5-9-17-36(29)40/h3-24H,1-2H3. The van der Waals surface area contributed by atoms with Gasteiger partial charge in [-0.25, -0.2) is 0 Å². The predicted molar refractivity (Wildman–Crippen MR) is 173 cm³/mol. The second kappa shape index (κ2) is 7.99. The highest BCUT2D eigenvalue weighted by molar-refractivity contribution is 6.12. The van der Waals surface area contributed by atoms with E-state index in [0.717, 1.165) is 0 Å². The number of fused-ring (bicyclic) bond motifs is 9. The summed E-state index contributed by atoms with van der Waals surface area (Å²) in [5.74, 6) is 0. The Bertz CT molecular complexity index is 2270. The molecule has 0 unspecified atom stereocenters. The Labute approximate surface area is 238 Å². The van der Waals surface area contributed by atoms with Crippen molar-refractivity contribution in [3.05, 3.63) is 145 Å². The van der Waals surface area contributed by atoms with Crippen molar-refractivity contribution in [1.29, 1.82) is 0 Å². The van der Waals surface area contributed by atoms with Crippen molar-refractivity contribution in [1.82, 2.24) is 9.13 Å². The Hall–Kier alpha value is -5.08. The minimum absolute atomic E-state index is 0.0206. The van der Waals surface area contributed by atoms with Crippen LogP contribution in [0, 0.1) is 0 Å². The summed E-state index contributed by atoms with van der Waals surface area (Å²) >= 11 is 0. The van der Waals surface area contributed by atoms with Crippen molar-refractivity contribution in [2.75, 3.05) is 0 Å². The summed E-state index contributed by atoms with van der Waals surface area (Å²) < 4.78 is 4.82. The van der Waals surface area contributed by atoms with Gasteiger partial charge in [-0.15, -0.1) is 0 Å². The molecule has 0 bridgehead atoms. The van der Waals surface area contributed by atoms with Crippen molar-refractivity contribution in [3.63, 3.8) is 0 Å². The van der Waals surface area contributed by atoms with Crippen LogP contribution in [0.3, 0.4) is 0 Å². The number of rotatable bonds is 2. The van der Waals surface area contributed by atoms with E-state index in [-0.39, 0.29) is 5.41 Å². The molecule has 0 amide bonds.